The van der Waals surface area contributed by atoms with Crippen LogP contribution in [-0.4, -0.2) is 0 Å². The summed E-state index contributed by atoms with van der Waals surface area (Å²) in [5.74, 6) is 0. The first-order valence-electron chi connectivity index (χ1n) is 29.8. The SMILES string of the molecule is Cc1ccc(-c2c(C)c(C)cc[n+]2C)c(C)c1.Cc1ccc(-c2c(C)ccc[n+]2C)c(C)c1.Cc1ccc(-c2cc(C)c(C)c[n+]2C)c(C)c1.Cc1ccc(-c2cc(C)cc(C)[n+]2C)c(C)c1.Cc1ccc(-c2ccc(C)c(C)[n+]2C)c(C)c1. The normalized spacial score (nSPS) is 10.6. The fraction of sp³-hybridized carbons (Fsp3) is 0.304. The minimum absolute atomic E-state index is 1.28. The van der Waals surface area contributed by atoms with Crippen LogP contribution in [0.5, 0.6) is 0 Å². The molecule has 0 spiro atoms. The zero-order chi connectivity index (χ0) is 62.0. The molecule has 0 saturated heterocycles. The van der Waals surface area contributed by atoms with E-state index >= 15 is 0 Å². The van der Waals surface area contributed by atoms with E-state index in [1.807, 2.05) is 0 Å². The van der Waals surface area contributed by atoms with Gasteiger partial charge in [-0.3, -0.25) is 0 Å². The van der Waals surface area contributed by atoms with Crippen LogP contribution in [0, 0.1) is 132 Å². The molecule has 10 rings (SSSR count). The predicted octanol–water partition coefficient (Wildman–Crippen LogP) is 16.8. The van der Waals surface area contributed by atoms with Crippen molar-refractivity contribution in [3.8, 4) is 56.3 Å². The summed E-state index contributed by atoms with van der Waals surface area (Å²) in [6, 6.07) is 50.8. The molecule has 0 atom stereocenters. The van der Waals surface area contributed by atoms with Gasteiger partial charge in [0.1, 0.15) is 35.2 Å². The molecular weight excluding hydrogens is 1020 g/mol. The Kier molecular flexibility index (Phi) is 22.0. The minimum Gasteiger partial charge on any atom is -0.201 e. The lowest BCUT2D eigenvalue weighted by Gasteiger charge is -2.09. The van der Waals surface area contributed by atoms with Gasteiger partial charge in [0.15, 0.2) is 30.0 Å². The van der Waals surface area contributed by atoms with Gasteiger partial charge in [0.05, 0.1) is 0 Å². The highest BCUT2D eigenvalue weighted by Crippen LogP contribution is 2.28. The second kappa shape index (κ2) is 28.4. The highest BCUT2D eigenvalue weighted by Gasteiger charge is 2.20. The van der Waals surface area contributed by atoms with E-state index in [2.05, 4.69) is 348 Å². The van der Waals surface area contributed by atoms with Gasteiger partial charge in [0.25, 0.3) is 0 Å². The molecule has 0 N–H and O–H groups in total. The van der Waals surface area contributed by atoms with E-state index in [1.54, 1.807) is 0 Å². The third-order valence-electron chi connectivity index (χ3n) is 16.8. The molecule has 5 nitrogen and oxygen atoms in total. The molecule has 5 aromatic heterocycles. The van der Waals surface area contributed by atoms with Gasteiger partial charge < -0.3 is 0 Å². The summed E-state index contributed by atoms with van der Waals surface area (Å²) in [5.41, 5.74) is 38.4. The summed E-state index contributed by atoms with van der Waals surface area (Å²) in [6.45, 7) is 41.1. The topological polar surface area (TPSA) is 19.4 Å². The number of hydrogen-bond acceptors (Lipinski definition) is 0. The van der Waals surface area contributed by atoms with E-state index in [1.165, 1.54) is 162 Å². The van der Waals surface area contributed by atoms with Crippen molar-refractivity contribution in [2.24, 2.45) is 35.2 Å². The Balaban J connectivity index is 0.000000168. The van der Waals surface area contributed by atoms with Crippen molar-refractivity contribution < 1.29 is 22.8 Å². The molecule has 0 fully saturated rings. The number of benzene rings is 5. The molecule has 0 aliphatic rings. The van der Waals surface area contributed by atoms with Crippen LogP contribution in [0.3, 0.4) is 0 Å². The molecule has 5 heterocycles. The van der Waals surface area contributed by atoms with Crippen LogP contribution in [0.1, 0.15) is 106 Å². The average molecular weight is 1120 g/mol. The van der Waals surface area contributed by atoms with Crippen LogP contribution < -0.4 is 22.8 Å². The lowest BCUT2D eigenvalue weighted by atomic mass is 9.97. The molecule has 0 saturated carbocycles. The number of aromatic nitrogens is 5. The maximum absolute atomic E-state index is 2.27. The fourth-order valence-electron chi connectivity index (χ4n) is 11.4. The van der Waals surface area contributed by atoms with E-state index in [-0.39, 0.29) is 0 Å². The highest BCUT2D eigenvalue weighted by atomic mass is 15.0. The van der Waals surface area contributed by atoms with Gasteiger partial charge in [-0.15, -0.1) is 0 Å². The molecule has 0 aliphatic carbocycles. The molecule has 434 valence electrons. The maximum atomic E-state index is 2.27. The molecule has 0 bridgehead atoms. The van der Waals surface area contributed by atoms with Crippen LogP contribution in [0.15, 0.2) is 158 Å². The molecule has 0 radical (unpaired) electrons. The van der Waals surface area contributed by atoms with Crippen molar-refractivity contribution in [1.29, 1.82) is 0 Å². The average Bonchev–Trinajstić information content (AvgIpc) is 3.64. The molecule has 5 heteroatoms. The third-order valence-corrected chi connectivity index (χ3v) is 16.8. The van der Waals surface area contributed by atoms with Gasteiger partial charge in [-0.1, -0.05) is 88.5 Å². The summed E-state index contributed by atoms with van der Waals surface area (Å²) < 4.78 is 11.1. The fourth-order valence-corrected chi connectivity index (χ4v) is 11.4. The second-order valence-corrected chi connectivity index (χ2v) is 24.1. The first-order valence-corrected chi connectivity index (χ1v) is 29.8. The Labute approximate surface area is 507 Å². The van der Waals surface area contributed by atoms with E-state index in [0.29, 0.717) is 0 Å². The van der Waals surface area contributed by atoms with Crippen molar-refractivity contribution in [3.05, 3.63) is 264 Å². The lowest BCUT2D eigenvalue weighted by molar-refractivity contribution is -0.667. The molecule has 0 amide bonds. The second-order valence-electron chi connectivity index (χ2n) is 24.1. The summed E-state index contributed by atoms with van der Waals surface area (Å²) in [5, 5.41) is 0. The van der Waals surface area contributed by atoms with Gasteiger partial charge >= 0.3 is 0 Å². The summed E-state index contributed by atoms with van der Waals surface area (Å²) in [7, 11) is 10.6. The van der Waals surface area contributed by atoms with Crippen LogP contribution in [0.4, 0.5) is 0 Å². The van der Waals surface area contributed by atoms with E-state index in [9.17, 15) is 0 Å². The van der Waals surface area contributed by atoms with E-state index in [4.69, 9.17) is 0 Å². The zero-order valence-electron chi connectivity index (χ0n) is 55.7. The van der Waals surface area contributed by atoms with Crippen LogP contribution in [0.2, 0.25) is 0 Å². The Morgan fingerprint density at radius 2 is 0.679 bits per heavy atom. The zero-order valence-corrected chi connectivity index (χ0v) is 55.7. The predicted molar refractivity (Wildman–Crippen MR) is 355 cm³/mol. The standard InChI is InChI=1S/4C16H20N.C15H18N/c1-11-6-8-15(13(3)10-11)16-9-7-12(2)14(4)17(16)5;1-11-6-7-15(13(3)8-11)16-9-12(2)14(4)10-17(16)5;1-11-6-7-15(13(3)8-11)16-10-12(2)9-14(4)17(16)5;1-11-6-7-15(13(3)10-11)16-14(4)12(2)8-9-17(16)5;1-11-7-8-14(13(3)10-11)15-12(2)6-5-9-16(15)4/h4*6-10H,1-5H3;5-10H,1-4H3/q5*+1. The number of pyridine rings is 5. The molecule has 0 unspecified atom stereocenters. The third kappa shape index (κ3) is 15.9. The number of rotatable bonds is 5. The van der Waals surface area contributed by atoms with Crippen molar-refractivity contribution >= 4 is 0 Å². The lowest BCUT2D eigenvalue weighted by Crippen LogP contribution is -2.35. The van der Waals surface area contributed by atoms with Crippen molar-refractivity contribution in [3.63, 3.8) is 0 Å². The monoisotopic (exact) mass is 1120 g/mol. The summed E-state index contributed by atoms with van der Waals surface area (Å²) in [4.78, 5) is 0. The van der Waals surface area contributed by atoms with Crippen LogP contribution in [-0.2, 0) is 35.2 Å². The summed E-state index contributed by atoms with van der Waals surface area (Å²) in [6.07, 6.45) is 6.43. The van der Waals surface area contributed by atoms with Crippen molar-refractivity contribution in [2.75, 3.05) is 0 Å². The van der Waals surface area contributed by atoms with Gasteiger partial charge in [0.2, 0.25) is 28.5 Å². The van der Waals surface area contributed by atoms with Crippen LogP contribution in [0.25, 0.3) is 56.3 Å². The highest BCUT2D eigenvalue weighted by molar-refractivity contribution is 5.67. The Morgan fingerprint density at radius 3 is 1.14 bits per heavy atom. The largest absolute Gasteiger partial charge is 0.215 e. The van der Waals surface area contributed by atoms with Crippen molar-refractivity contribution in [1.82, 2.24) is 0 Å². The number of hydrogen-bond donors (Lipinski definition) is 0. The number of aryl methyl sites for hydroxylation is 20. The quantitative estimate of drug-likeness (QED) is 0.153. The Bertz CT molecular complexity index is 3930. The van der Waals surface area contributed by atoms with Gasteiger partial charge in [-0.25, -0.2) is 13.7 Å². The Morgan fingerprint density at radius 1 is 0.250 bits per heavy atom. The van der Waals surface area contributed by atoms with Gasteiger partial charge in [-0.05, 0) is 205 Å². The Hall–Kier alpha value is -8.15. The smallest absolute Gasteiger partial charge is 0.201 e. The molecule has 84 heavy (non-hydrogen) atoms. The first-order chi connectivity index (χ1) is 39.6. The van der Waals surface area contributed by atoms with Gasteiger partial charge in [0, 0.05) is 100 Å². The molecular formula is C79H98N5+5. The first kappa shape index (κ1) is 65.0. The van der Waals surface area contributed by atoms with Crippen LogP contribution >= 0.6 is 0 Å². The number of nitrogens with zero attached hydrogens (tertiary/aromatic N) is 5. The van der Waals surface area contributed by atoms with E-state index < -0.39 is 0 Å². The van der Waals surface area contributed by atoms with Crippen molar-refractivity contribution in [2.45, 2.75) is 132 Å². The molecule has 10 aromatic rings. The molecule has 0 aliphatic heterocycles. The minimum atomic E-state index is 1.28. The van der Waals surface area contributed by atoms with E-state index in [0.717, 1.165) is 0 Å². The summed E-state index contributed by atoms with van der Waals surface area (Å²) >= 11 is 0. The van der Waals surface area contributed by atoms with Gasteiger partial charge in [-0.2, -0.15) is 9.13 Å². The maximum Gasteiger partial charge on any atom is 0.215 e. The molecule has 5 aromatic carbocycles.